The van der Waals surface area contributed by atoms with Crippen LogP contribution in [0.1, 0.15) is 61.3 Å². The molecule has 0 amide bonds. The monoisotopic (exact) mass is 430 g/mol. The fourth-order valence-corrected chi connectivity index (χ4v) is 3.64. The lowest BCUT2D eigenvalue weighted by atomic mass is 9.74. The van der Waals surface area contributed by atoms with E-state index in [1.807, 2.05) is 33.8 Å². The summed E-state index contributed by atoms with van der Waals surface area (Å²) in [6.07, 6.45) is 3.97. The van der Waals surface area contributed by atoms with Crippen LogP contribution < -0.4 is 0 Å². The van der Waals surface area contributed by atoms with E-state index in [0.717, 1.165) is 11.1 Å². The van der Waals surface area contributed by atoms with Crippen LogP contribution in [0.25, 0.3) is 0 Å². The zero-order chi connectivity index (χ0) is 23.5. The van der Waals surface area contributed by atoms with Gasteiger partial charge in [-0.25, -0.2) is 9.59 Å². The molecule has 5 atom stereocenters. The number of Topliss-reactive ketones (excluding diaryl/α,β-unsaturated/α-hetero) is 1. The molecule has 0 aromatic heterocycles. The molecule has 0 unspecified atom stereocenters. The van der Waals surface area contributed by atoms with Crippen LogP contribution in [0.3, 0.4) is 0 Å². The maximum atomic E-state index is 13.1. The zero-order valence-electron chi connectivity index (χ0n) is 19.6. The highest BCUT2D eigenvalue weighted by Gasteiger charge is 2.66. The Morgan fingerprint density at radius 1 is 1.23 bits per heavy atom. The molecule has 1 aliphatic heterocycles. The molecule has 170 valence electrons. The van der Waals surface area contributed by atoms with Crippen molar-refractivity contribution < 1.29 is 28.6 Å². The van der Waals surface area contributed by atoms with Crippen LogP contribution in [0.4, 0.5) is 0 Å². The van der Waals surface area contributed by atoms with E-state index in [0.29, 0.717) is 24.0 Å². The van der Waals surface area contributed by atoms with Crippen molar-refractivity contribution in [2.45, 2.75) is 85.2 Å². The predicted molar refractivity (Wildman–Crippen MR) is 118 cm³/mol. The largest absolute Gasteiger partial charge is 0.454 e. The zero-order valence-corrected chi connectivity index (χ0v) is 19.6. The van der Waals surface area contributed by atoms with Crippen LogP contribution in [0.2, 0.25) is 0 Å². The first kappa shape index (κ1) is 24.8. The van der Waals surface area contributed by atoms with Gasteiger partial charge in [-0.3, -0.25) is 4.79 Å². The van der Waals surface area contributed by atoms with Gasteiger partial charge in [0.25, 0.3) is 0 Å². The lowest BCUT2D eigenvalue weighted by Gasteiger charge is -2.34. The van der Waals surface area contributed by atoms with Crippen LogP contribution in [0.15, 0.2) is 47.1 Å². The van der Waals surface area contributed by atoms with E-state index in [9.17, 15) is 14.4 Å². The van der Waals surface area contributed by atoms with E-state index < -0.39 is 35.7 Å². The molecule has 0 radical (unpaired) electrons. The molecule has 1 aliphatic carbocycles. The summed E-state index contributed by atoms with van der Waals surface area (Å²) in [5, 5.41) is 0. The van der Waals surface area contributed by atoms with Crippen LogP contribution in [-0.2, 0) is 28.6 Å². The Kier molecular flexibility index (Phi) is 7.82. The van der Waals surface area contributed by atoms with Gasteiger partial charge in [0.1, 0.15) is 6.10 Å². The van der Waals surface area contributed by atoms with Crippen molar-refractivity contribution >= 4 is 17.7 Å². The first-order chi connectivity index (χ1) is 14.4. The van der Waals surface area contributed by atoms with E-state index in [-0.39, 0.29) is 11.9 Å². The van der Waals surface area contributed by atoms with Gasteiger partial charge in [0.2, 0.25) is 5.78 Å². The number of carbonyl (C=O) groups excluding carboxylic acids is 3. The topological polar surface area (TPSA) is 82.2 Å². The molecule has 0 aromatic carbocycles. The molecule has 6 nitrogen and oxygen atoms in total. The van der Waals surface area contributed by atoms with Crippen LogP contribution >= 0.6 is 0 Å². The second kappa shape index (κ2) is 9.77. The Labute approximate surface area is 185 Å². The van der Waals surface area contributed by atoms with Crippen molar-refractivity contribution in [3.63, 3.8) is 0 Å². The van der Waals surface area contributed by atoms with Gasteiger partial charge in [-0.2, -0.15) is 0 Å². The number of rotatable bonds is 8. The summed E-state index contributed by atoms with van der Waals surface area (Å²) < 4.78 is 17.0. The van der Waals surface area contributed by atoms with E-state index in [2.05, 4.69) is 6.58 Å². The summed E-state index contributed by atoms with van der Waals surface area (Å²) in [7, 11) is 0. The molecule has 1 heterocycles. The molecular formula is C25H34O6. The Morgan fingerprint density at radius 2 is 1.87 bits per heavy atom. The minimum absolute atomic E-state index is 0.253. The molecule has 1 saturated heterocycles. The number of ether oxygens (including phenoxy) is 3. The summed E-state index contributed by atoms with van der Waals surface area (Å²) in [4.78, 5) is 37.9. The van der Waals surface area contributed by atoms with Crippen molar-refractivity contribution in [1.82, 2.24) is 0 Å². The van der Waals surface area contributed by atoms with Crippen LogP contribution in [0, 0.1) is 5.92 Å². The average Bonchev–Trinajstić information content (AvgIpc) is 3.36. The van der Waals surface area contributed by atoms with Crippen molar-refractivity contribution in [1.29, 1.82) is 0 Å². The fraction of sp³-hybridized carbons (Fsp3) is 0.560. The number of esters is 2. The van der Waals surface area contributed by atoms with Gasteiger partial charge < -0.3 is 14.2 Å². The number of epoxide rings is 1. The highest BCUT2D eigenvalue weighted by molar-refractivity contribution is 5.98. The number of allylic oxidation sites excluding steroid dienone is 3. The first-order valence-electron chi connectivity index (χ1n) is 10.6. The minimum atomic E-state index is -1.03. The lowest BCUT2D eigenvalue weighted by molar-refractivity contribution is -0.157. The Bertz CT molecular complexity index is 853. The number of fused-ring (bicyclic) bond motifs is 1. The van der Waals surface area contributed by atoms with Gasteiger partial charge in [-0.1, -0.05) is 29.9 Å². The maximum absolute atomic E-state index is 13.1. The predicted octanol–water partition coefficient (Wildman–Crippen LogP) is 4.40. The molecule has 0 aromatic rings. The molecule has 6 heteroatoms. The molecular weight excluding hydrogens is 396 g/mol. The summed E-state index contributed by atoms with van der Waals surface area (Å²) in [5.74, 6) is -1.80. The third kappa shape index (κ3) is 5.82. The highest BCUT2D eigenvalue weighted by atomic mass is 16.6. The molecule has 0 spiro atoms. The Hall–Kier alpha value is -2.47. The summed E-state index contributed by atoms with van der Waals surface area (Å²) in [6.45, 7) is 16.8. The van der Waals surface area contributed by atoms with E-state index in [1.54, 1.807) is 26.8 Å². The van der Waals surface area contributed by atoms with Crippen LogP contribution in [-0.4, -0.2) is 41.6 Å². The van der Waals surface area contributed by atoms with Gasteiger partial charge in [-0.15, -0.1) is 0 Å². The number of hydrogen-bond acceptors (Lipinski definition) is 6. The summed E-state index contributed by atoms with van der Waals surface area (Å²) in [5.41, 5.74) is 1.92. The second-order valence-corrected chi connectivity index (χ2v) is 8.96. The molecule has 2 aliphatic rings. The van der Waals surface area contributed by atoms with E-state index >= 15 is 0 Å². The van der Waals surface area contributed by atoms with Gasteiger partial charge in [0, 0.05) is 24.0 Å². The van der Waals surface area contributed by atoms with Gasteiger partial charge in [-0.05, 0) is 60.5 Å². The Balaban J connectivity index is 2.33. The highest BCUT2D eigenvalue weighted by Crippen LogP contribution is 2.50. The summed E-state index contributed by atoms with van der Waals surface area (Å²) >= 11 is 0. The second-order valence-electron chi connectivity index (χ2n) is 8.96. The SMILES string of the molecule is C=C([C@H](CC=C(C)C)OC(=O)C=C(C)C)[C@H]1C[C@@H]2O[C@]2(C)C(=O)[C@H]1OC(=O)/C(C)=C\C. The lowest BCUT2D eigenvalue weighted by Crippen LogP contribution is -2.49. The average molecular weight is 431 g/mol. The first-order valence-corrected chi connectivity index (χ1v) is 10.6. The number of hydrogen-bond donors (Lipinski definition) is 0. The standard InChI is InChI=1S/C25H34O6/c1-9-16(6)24(28)30-22-18(13-20-25(8,31-20)23(22)27)17(7)19(11-10-14(2)3)29-21(26)12-15(4)5/h9-10,12,18-20,22H,7,11,13H2,1-6,8H3/b16-9-/t18-,19+,20+,22+,25+/m1/s1. The van der Waals surface area contributed by atoms with Gasteiger partial charge in [0.15, 0.2) is 11.7 Å². The quantitative estimate of drug-likeness (QED) is 0.246. The fourth-order valence-electron chi connectivity index (χ4n) is 3.64. The number of ketones is 1. The molecule has 0 N–H and O–H groups in total. The third-order valence-corrected chi connectivity index (χ3v) is 5.81. The Morgan fingerprint density at radius 3 is 2.42 bits per heavy atom. The summed E-state index contributed by atoms with van der Waals surface area (Å²) in [6, 6.07) is 0. The van der Waals surface area contributed by atoms with Crippen molar-refractivity contribution in [3.05, 3.63) is 47.1 Å². The van der Waals surface area contributed by atoms with Crippen molar-refractivity contribution in [2.75, 3.05) is 0 Å². The minimum Gasteiger partial charge on any atom is -0.454 e. The van der Waals surface area contributed by atoms with E-state index in [4.69, 9.17) is 14.2 Å². The molecule has 2 fully saturated rings. The maximum Gasteiger partial charge on any atom is 0.334 e. The third-order valence-electron chi connectivity index (χ3n) is 5.81. The normalized spacial score (nSPS) is 28.0. The van der Waals surface area contributed by atoms with Crippen molar-refractivity contribution in [3.8, 4) is 0 Å². The van der Waals surface area contributed by atoms with E-state index in [1.165, 1.54) is 6.08 Å². The molecule has 1 saturated carbocycles. The molecule has 0 bridgehead atoms. The number of carbonyl (C=O) groups is 3. The van der Waals surface area contributed by atoms with Gasteiger partial charge >= 0.3 is 11.9 Å². The van der Waals surface area contributed by atoms with Gasteiger partial charge in [0.05, 0.1) is 6.10 Å². The van der Waals surface area contributed by atoms with Crippen molar-refractivity contribution in [2.24, 2.45) is 5.92 Å². The molecule has 2 rings (SSSR count). The molecule has 31 heavy (non-hydrogen) atoms. The smallest absolute Gasteiger partial charge is 0.334 e. The van der Waals surface area contributed by atoms with Crippen LogP contribution in [0.5, 0.6) is 0 Å².